The Hall–Kier alpha value is -3.47. The summed E-state index contributed by atoms with van der Waals surface area (Å²) >= 11 is 0. The molecule has 4 rings (SSSR count). The summed E-state index contributed by atoms with van der Waals surface area (Å²) in [6.07, 6.45) is -1.75. The zero-order valence-corrected chi connectivity index (χ0v) is 20.4. The van der Waals surface area contributed by atoms with Crippen molar-refractivity contribution in [3.8, 4) is 11.4 Å². The molecular formula is C24H23B2F3N6O2. The van der Waals surface area contributed by atoms with Gasteiger partial charge in [-0.05, 0) is 56.4 Å². The zero-order valence-electron chi connectivity index (χ0n) is 20.4. The van der Waals surface area contributed by atoms with Crippen molar-refractivity contribution in [1.82, 2.24) is 24.8 Å². The number of aryl methyl sites for hydroxylation is 1. The molecule has 1 fully saturated rings. The number of morpholine rings is 1. The fourth-order valence-corrected chi connectivity index (χ4v) is 4.39. The molecule has 1 N–H and O–H groups in total. The Morgan fingerprint density at radius 2 is 1.81 bits per heavy atom. The molecule has 4 radical (unpaired) electrons. The van der Waals surface area contributed by atoms with E-state index in [0.29, 0.717) is 23.3 Å². The van der Waals surface area contributed by atoms with Crippen molar-refractivity contribution in [2.75, 3.05) is 11.9 Å². The van der Waals surface area contributed by atoms with Crippen LogP contribution >= 0.6 is 0 Å². The third kappa shape index (κ3) is 5.76. The summed E-state index contributed by atoms with van der Waals surface area (Å²) < 4.78 is 44.7. The predicted molar refractivity (Wildman–Crippen MR) is 132 cm³/mol. The normalized spacial score (nSPS) is 20.5. The number of ether oxygens (including phenoxy) is 1. The van der Waals surface area contributed by atoms with Gasteiger partial charge in [-0.3, -0.25) is 4.79 Å². The van der Waals surface area contributed by atoms with E-state index in [4.69, 9.17) is 20.4 Å². The Balaban J connectivity index is 1.69. The maximum absolute atomic E-state index is 14.0. The van der Waals surface area contributed by atoms with E-state index >= 15 is 0 Å². The fraction of sp³-hybridized carbons (Fsp3) is 0.375. The molecule has 3 atom stereocenters. The third-order valence-corrected chi connectivity index (χ3v) is 5.91. The number of halogens is 3. The summed E-state index contributed by atoms with van der Waals surface area (Å²) in [5, 5.41) is 0.926. The second-order valence-corrected chi connectivity index (χ2v) is 8.96. The van der Waals surface area contributed by atoms with Crippen molar-refractivity contribution < 1.29 is 22.7 Å². The van der Waals surface area contributed by atoms with E-state index in [9.17, 15) is 18.0 Å². The van der Waals surface area contributed by atoms with Crippen LogP contribution in [0.1, 0.15) is 35.6 Å². The van der Waals surface area contributed by atoms with E-state index in [1.54, 1.807) is 51.4 Å². The number of amides is 1. The molecular weight excluding hydrogens is 483 g/mol. The number of nitrogens with one attached hydrogen (secondary N) is 1. The van der Waals surface area contributed by atoms with Crippen LogP contribution in [0.2, 0.25) is 0 Å². The molecule has 13 heteroatoms. The summed E-state index contributed by atoms with van der Waals surface area (Å²) in [5.41, 5.74) is 0.228. The van der Waals surface area contributed by atoms with Gasteiger partial charge in [0.15, 0.2) is 5.82 Å². The fourth-order valence-electron chi connectivity index (χ4n) is 4.39. The molecule has 37 heavy (non-hydrogen) atoms. The largest absolute Gasteiger partial charge is 0.417 e. The van der Waals surface area contributed by atoms with Crippen LogP contribution in [0.15, 0.2) is 48.9 Å². The predicted octanol–water partition coefficient (Wildman–Crippen LogP) is 2.98. The van der Waals surface area contributed by atoms with Gasteiger partial charge in [-0.25, -0.2) is 19.9 Å². The van der Waals surface area contributed by atoms with Crippen molar-refractivity contribution >= 4 is 27.4 Å². The molecule has 0 spiro atoms. The first-order valence-electron chi connectivity index (χ1n) is 11.5. The van der Waals surface area contributed by atoms with Gasteiger partial charge in [0.2, 0.25) is 0 Å². The maximum atomic E-state index is 14.0. The summed E-state index contributed by atoms with van der Waals surface area (Å²) in [4.78, 5) is 32.2. The van der Waals surface area contributed by atoms with Gasteiger partial charge in [-0.1, -0.05) is 0 Å². The van der Waals surface area contributed by atoms with Crippen LogP contribution in [-0.2, 0) is 10.9 Å². The molecule has 0 saturated carbocycles. The average Bonchev–Trinajstić information content (AvgIpc) is 2.83. The average molecular weight is 506 g/mol. The highest BCUT2D eigenvalue weighted by Gasteiger charge is 2.45. The number of anilines is 1. The van der Waals surface area contributed by atoms with Crippen molar-refractivity contribution in [2.24, 2.45) is 0 Å². The van der Waals surface area contributed by atoms with E-state index in [2.05, 4.69) is 25.3 Å². The van der Waals surface area contributed by atoms with E-state index in [-0.39, 0.29) is 24.2 Å². The minimum Gasteiger partial charge on any atom is -0.380 e. The molecule has 8 nitrogen and oxygen atoms in total. The highest BCUT2D eigenvalue weighted by Crippen LogP contribution is 2.32. The van der Waals surface area contributed by atoms with E-state index < -0.39 is 35.1 Å². The molecule has 3 aromatic rings. The van der Waals surface area contributed by atoms with Crippen LogP contribution in [0, 0.1) is 6.92 Å². The van der Waals surface area contributed by atoms with Gasteiger partial charge >= 0.3 is 6.18 Å². The molecule has 4 heterocycles. The maximum Gasteiger partial charge on any atom is 0.417 e. The van der Waals surface area contributed by atoms with Crippen LogP contribution in [0.5, 0.6) is 0 Å². The van der Waals surface area contributed by atoms with Crippen molar-refractivity contribution in [3.63, 3.8) is 0 Å². The number of nitrogens with zero attached hydrogens (tertiary/aromatic N) is 5. The highest BCUT2D eigenvalue weighted by molar-refractivity contribution is 6.42. The first-order chi connectivity index (χ1) is 17.4. The van der Waals surface area contributed by atoms with Gasteiger partial charge in [0.25, 0.3) is 5.91 Å². The molecule has 1 amide bonds. The number of hydrogen-bond acceptors (Lipinski definition) is 7. The molecule has 0 aliphatic carbocycles. The van der Waals surface area contributed by atoms with Gasteiger partial charge in [0.05, 0.1) is 45.1 Å². The van der Waals surface area contributed by atoms with Crippen molar-refractivity contribution in [1.29, 1.82) is 0 Å². The molecule has 3 unspecified atom stereocenters. The van der Waals surface area contributed by atoms with Gasteiger partial charge in [0, 0.05) is 30.8 Å². The first kappa shape index (κ1) is 26.6. The summed E-state index contributed by atoms with van der Waals surface area (Å²) in [6.45, 7) is 5.40. The van der Waals surface area contributed by atoms with Crippen LogP contribution in [0.3, 0.4) is 0 Å². The Labute approximate surface area is 214 Å². The van der Waals surface area contributed by atoms with Crippen LogP contribution in [-0.4, -0.2) is 76.6 Å². The zero-order chi connectivity index (χ0) is 27.0. The van der Waals surface area contributed by atoms with Crippen LogP contribution < -0.4 is 5.32 Å². The second kappa shape index (κ2) is 10.1. The Bertz CT molecular complexity index is 1260. The molecule has 1 aliphatic rings. The lowest BCUT2D eigenvalue weighted by atomic mass is 9.55. The minimum absolute atomic E-state index is 0.00303. The number of rotatable bonds is 5. The van der Waals surface area contributed by atoms with E-state index in [1.807, 2.05) is 0 Å². The van der Waals surface area contributed by atoms with Gasteiger partial charge in [-0.15, -0.1) is 0 Å². The number of aromatic nitrogens is 4. The number of hydrogen-bond donors (Lipinski definition) is 1. The van der Waals surface area contributed by atoms with Crippen LogP contribution in [0.4, 0.5) is 19.0 Å². The third-order valence-electron chi connectivity index (χ3n) is 5.91. The summed E-state index contributed by atoms with van der Waals surface area (Å²) in [7, 11) is 12.9. The topological polar surface area (TPSA) is 93.1 Å². The molecule has 0 bridgehead atoms. The molecule has 188 valence electrons. The lowest BCUT2D eigenvalue weighted by Crippen LogP contribution is -2.68. The molecule has 1 aliphatic heterocycles. The standard InChI is InChI=1S/C24H23B2F3N6O2/c1-13-5-7-17(21-30-9-4-10-31-21)19(33-13)22(36)35-12-14(2)37-15(3)20(35)23(25,26)34-18-8-6-16(11-32-18)24(27,28)29/h4-11,14-15,20H,12H2,1-3H3,(H,32,34). The SMILES string of the molecule is [B]C([B])(Nc1ccc(C(F)(F)F)cn1)C1C(C)OC(C)CN1C(=O)c1nc(C)ccc1-c1ncccn1. The Morgan fingerprint density at radius 3 is 2.43 bits per heavy atom. The highest BCUT2D eigenvalue weighted by atomic mass is 19.4. The van der Waals surface area contributed by atoms with Crippen molar-refractivity contribution in [2.45, 2.75) is 50.5 Å². The monoisotopic (exact) mass is 506 g/mol. The Morgan fingerprint density at radius 1 is 1.11 bits per heavy atom. The first-order valence-corrected chi connectivity index (χ1v) is 11.5. The number of carbonyl (C=O) groups excluding carboxylic acids is 1. The lowest BCUT2D eigenvalue weighted by Gasteiger charge is -2.51. The van der Waals surface area contributed by atoms with Crippen molar-refractivity contribution in [3.05, 3.63) is 65.9 Å². The van der Waals surface area contributed by atoms with Gasteiger partial charge in [-0.2, -0.15) is 13.2 Å². The molecule has 3 aromatic heterocycles. The number of alkyl halides is 3. The van der Waals surface area contributed by atoms with Crippen LogP contribution in [0.25, 0.3) is 11.4 Å². The number of pyridine rings is 2. The molecule has 1 saturated heterocycles. The van der Waals surface area contributed by atoms with Gasteiger partial charge in [0.1, 0.15) is 11.5 Å². The van der Waals surface area contributed by atoms with E-state index in [0.717, 1.165) is 12.1 Å². The smallest absolute Gasteiger partial charge is 0.380 e. The molecule has 0 aromatic carbocycles. The second-order valence-electron chi connectivity index (χ2n) is 8.96. The lowest BCUT2D eigenvalue weighted by molar-refractivity contribution is -0.137. The van der Waals surface area contributed by atoms with E-state index in [1.165, 1.54) is 4.90 Å². The minimum atomic E-state index is -4.54. The summed E-state index contributed by atoms with van der Waals surface area (Å²) in [5.74, 6) is -0.146. The summed E-state index contributed by atoms with van der Waals surface area (Å²) in [6, 6.07) is 6.15. The quantitative estimate of drug-likeness (QED) is 0.533. The van der Waals surface area contributed by atoms with Gasteiger partial charge < -0.3 is 15.0 Å². The Kier molecular flexibility index (Phi) is 7.27. The number of carbonyl (C=O) groups is 1.